The molecule has 4 N–H and O–H groups in total. The second kappa shape index (κ2) is 10.4. The van der Waals surface area contributed by atoms with Crippen LogP contribution in [0.3, 0.4) is 0 Å². The molecule has 1 unspecified atom stereocenters. The highest BCUT2D eigenvalue weighted by atomic mass is 16.5. The van der Waals surface area contributed by atoms with Crippen LogP contribution in [0.2, 0.25) is 0 Å². The fourth-order valence-electron chi connectivity index (χ4n) is 3.17. The Bertz CT molecular complexity index is 1210. The number of carboxylic acids is 1. The second-order valence-corrected chi connectivity index (χ2v) is 7.64. The van der Waals surface area contributed by atoms with Gasteiger partial charge < -0.3 is 20.9 Å². The van der Waals surface area contributed by atoms with E-state index in [1.165, 1.54) is 18.3 Å². The van der Waals surface area contributed by atoms with Crippen molar-refractivity contribution in [2.45, 2.75) is 39.5 Å². The van der Waals surface area contributed by atoms with Crippen molar-refractivity contribution < 1.29 is 19.4 Å². The number of ether oxygens (including phenoxy) is 1. The lowest BCUT2D eigenvalue weighted by Crippen LogP contribution is -2.31. The molecule has 0 saturated carbocycles. The van der Waals surface area contributed by atoms with Gasteiger partial charge in [0.2, 0.25) is 0 Å². The van der Waals surface area contributed by atoms with Gasteiger partial charge in [0.05, 0.1) is 17.5 Å². The molecule has 1 aromatic heterocycles. The molecule has 2 aromatic carbocycles. The lowest BCUT2D eigenvalue weighted by atomic mass is 10.1. The van der Waals surface area contributed by atoms with Crippen molar-refractivity contribution in [3.63, 3.8) is 0 Å². The molecule has 9 nitrogen and oxygen atoms in total. The summed E-state index contributed by atoms with van der Waals surface area (Å²) >= 11 is 0. The Hall–Kier alpha value is -4.14. The predicted octanol–water partition coefficient (Wildman–Crippen LogP) is 3.14. The lowest BCUT2D eigenvalue weighted by molar-refractivity contribution is -0.137. The maximum absolute atomic E-state index is 13.0. The van der Waals surface area contributed by atoms with E-state index in [0.29, 0.717) is 5.56 Å². The highest BCUT2D eigenvalue weighted by molar-refractivity contribution is 5.92. The Morgan fingerprint density at radius 2 is 1.94 bits per heavy atom. The largest absolute Gasteiger partial charge is 0.480 e. The average molecular weight is 450 g/mol. The highest BCUT2D eigenvalue weighted by Crippen LogP contribution is 2.24. The number of nitrogen functional groups attached to an aromatic ring is 1. The van der Waals surface area contributed by atoms with Crippen LogP contribution >= 0.6 is 0 Å². The van der Waals surface area contributed by atoms with Crippen LogP contribution in [-0.4, -0.2) is 32.6 Å². The zero-order valence-corrected chi connectivity index (χ0v) is 18.4. The Balaban J connectivity index is 1.97. The molecule has 0 saturated heterocycles. The topological polar surface area (TPSA) is 137 Å². The number of carboxylic acid groups (broad SMARTS) is 1. The summed E-state index contributed by atoms with van der Waals surface area (Å²) in [5.74, 6) is -1.73. The fraction of sp³-hybridized carbons (Fsp3) is 0.250. The molecule has 1 heterocycles. The minimum Gasteiger partial charge on any atom is -0.480 e. The first-order valence-corrected chi connectivity index (χ1v) is 10.5. The van der Waals surface area contributed by atoms with Crippen molar-refractivity contribution in [2.24, 2.45) is 0 Å². The number of esters is 1. The number of benzene rings is 2. The molecule has 33 heavy (non-hydrogen) atoms. The van der Waals surface area contributed by atoms with Crippen molar-refractivity contribution in [3.8, 4) is 11.3 Å². The van der Waals surface area contributed by atoms with Crippen molar-refractivity contribution in [2.75, 3.05) is 11.1 Å². The Kier molecular flexibility index (Phi) is 7.45. The SMILES string of the molecule is CCC(C)Nc1ncc(-c2cc(N)cc(C(=O)OCc3ccccc3)c2)n(CC(=O)O)c1=O. The summed E-state index contributed by atoms with van der Waals surface area (Å²) in [6, 6.07) is 13.7. The number of rotatable bonds is 9. The number of hydrogen-bond donors (Lipinski definition) is 3. The number of carbonyl (C=O) groups excluding carboxylic acids is 1. The molecular weight excluding hydrogens is 424 g/mol. The number of nitrogens with one attached hydrogen (secondary N) is 1. The standard InChI is InChI=1S/C24H26N4O5/c1-3-15(2)27-22-23(31)28(13-21(29)30)20(12-26-22)17-9-18(11-19(25)10-17)24(32)33-14-16-7-5-4-6-8-16/h4-12,15H,3,13-14,25H2,1-2H3,(H,26,27)(H,29,30). The normalized spacial score (nSPS) is 11.6. The summed E-state index contributed by atoms with van der Waals surface area (Å²) in [7, 11) is 0. The fourth-order valence-corrected chi connectivity index (χ4v) is 3.17. The van der Waals surface area contributed by atoms with Crippen LogP contribution in [0.15, 0.2) is 59.5 Å². The number of nitrogens with zero attached hydrogens (tertiary/aromatic N) is 2. The number of aromatic nitrogens is 2. The van der Waals surface area contributed by atoms with Gasteiger partial charge in [-0.05, 0) is 37.1 Å². The average Bonchev–Trinajstić information content (AvgIpc) is 2.80. The minimum absolute atomic E-state index is 0.0207. The molecular formula is C24H26N4O5. The van der Waals surface area contributed by atoms with E-state index in [0.717, 1.165) is 16.6 Å². The van der Waals surface area contributed by atoms with Crippen LogP contribution < -0.4 is 16.6 Å². The van der Waals surface area contributed by atoms with Gasteiger partial charge in [0.25, 0.3) is 5.56 Å². The summed E-state index contributed by atoms with van der Waals surface area (Å²) in [6.45, 7) is 3.36. The van der Waals surface area contributed by atoms with Crippen LogP contribution in [0.1, 0.15) is 36.2 Å². The van der Waals surface area contributed by atoms with Crippen LogP contribution in [0.5, 0.6) is 0 Å². The first-order chi connectivity index (χ1) is 15.8. The van der Waals surface area contributed by atoms with E-state index in [-0.39, 0.29) is 35.4 Å². The number of carbonyl (C=O) groups is 2. The van der Waals surface area contributed by atoms with Gasteiger partial charge in [0, 0.05) is 17.3 Å². The maximum atomic E-state index is 13.0. The van der Waals surface area contributed by atoms with Gasteiger partial charge in [-0.25, -0.2) is 9.78 Å². The second-order valence-electron chi connectivity index (χ2n) is 7.64. The van der Waals surface area contributed by atoms with Crippen molar-refractivity contribution in [1.82, 2.24) is 9.55 Å². The van der Waals surface area contributed by atoms with Gasteiger partial charge in [-0.1, -0.05) is 37.3 Å². The summed E-state index contributed by atoms with van der Waals surface area (Å²) < 4.78 is 6.46. The predicted molar refractivity (Wildman–Crippen MR) is 125 cm³/mol. The third kappa shape index (κ3) is 5.97. The third-order valence-electron chi connectivity index (χ3n) is 5.04. The van der Waals surface area contributed by atoms with E-state index >= 15 is 0 Å². The van der Waals surface area contributed by atoms with Gasteiger partial charge in [0.15, 0.2) is 5.82 Å². The van der Waals surface area contributed by atoms with Crippen LogP contribution in [0, 0.1) is 0 Å². The Morgan fingerprint density at radius 3 is 2.61 bits per heavy atom. The van der Waals surface area contributed by atoms with Gasteiger partial charge in [-0.15, -0.1) is 0 Å². The zero-order chi connectivity index (χ0) is 24.0. The molecule has 0 bridgehead atoms. The van der Waals surface area contributed by atoms with Crippen LogP contribution in [0.25, 0.3) is 11.3 Å². The van der Waals surface area contributed by atoms with Crippen LogP contribution in [0.4, 0.5) is 11.5 Å². The number of aliphatic carboxylic acids is 1. The molecule has 3 aromatic rings. The summed E-state index contributed by atoms with van der Waals surface area (Å²) in [4.78, 5) is 41.2. The molecule has 9 heteroatoms. The molecule has 0 fully saturated rings. The third-order valence-corrected chi connectivity index (χ3v) is 5.04. The molecule has 3 rings (SSSR count). The molecule has 172 valence electrons. The van der Waals surface area contributed by atoms with E-state index in [1.54, 1.807) is 6.07 Å². The van der Waals surface area contributed by atoms with Crippen molar-refractivity contribution in [1.29, 1.82) is 0 Å². The van der Waals surface area contributed by atoms with Gasteiger partial charge >= 0.3 is 11.9 Å². The van der Waals surface area contributed by atoms with E-state index < -0.39 is 24.0 Å². The molecule has 0 aliphatic rings. The zero-order valence-electron chi connectivity index (χ0n) is 18.4. The quantitative estimate of drug-likeness (QED) is 0.334. The van der Waals surface area contributed by atoms with E-state index in [1.807, 2.05) is 44.2 Å². The molecule has 0 radical (unpaired) electrons. The van der Waals surface area contributed by atoms with E-state index in [9.17, 15) is 19.5 Å². The monoisotopic (exact) mass is 450 g/mol. The highest BCUT2D eigenvalue weighted by Gasteiger charge is 2.18. The van der Waals surface area contributed by atoms with Gasteiger partial charge in [0.1, 0.15) is 13.2 Å². The Labute approximate surface area is 190 Å². The summed E-state index contributed by atoms with van der Waals surface area (Å²) in [6.07, 6.45) is 2.15. The molecule has 1 atom stereocenters. The molecule has 0 aliphatic carbocycles. The summed E-state index contributed by atoms with van der Waals surface area (Å²) in [5, 5.41) is 12.3. The van der Waals surface area contributed by atoms with Gasteiger partial charge in [-0.3, -0.25) is 14.2 Å². The molecule has 0 spiro atoms. The molecule has 0 amide bonds. The van der Waals surface area contributed by atoms with Crippen LogP contribution in [-0.2, 0) is 22.7 Å². The molecule has 0 aliphatic heterocycles. The number of anilines is 2. The minimum atomic E-state index is -1.19. The van der Waals surface area contributed by atoms with Crippen molar-refractivity contribution >= 4 is 23.4 Å². The van der Waals surface area contributed by atoms with Gasteiger partial charge in [-0.2, -0.15) is 0 Å². The first-order valence-electron chi connectivity index (χ1n) is 10.5. The number of nitrogens with two attached hydrogens (primary N) is 1. The lowest BCUT2D eigenvalue weighted by Gasteiger charge is -2.16. The Morgan fingerprint density at radius 1 is 1.21 bits per heavy atom. The summed E-state index contributed by atoms with van der Waals surface area (Å²) in [5.41, 5.74) is 7.29. The first kappa shape index (κ1) is 23.5. The number of hydrogen-bond acceptors (Lipinski definition) is 7. The van der Waals surface area contributed by atoms with E-state index in [4.69, 9.17) is 10.5 Å². The smallest absolute Gasteiger partial charge is 0.338 e. The maximum Gasteiger partial charge on any atom is 0.338 e. The van der Waals surface area contributed by atoms with E-state index in [2.05, 4.69) is 10.3 Å². The van der Waals surface area contributed by atoms with Crippen molar-refractivity contribution in [3.05, 3.63) is 76.2 Å².